The van der Waals surface area contributed by atoms with Gasteiger partial charge < -0.3 is 19.9 Å². The van der Waals surface area contributed by atoms with Crippen molar-refractivity contribution in [2.24, 2.45) is 11.3 Å². The lowest BCUT2D eigenvalue weighted by Gasteiger charge is -2.29. The third-order valence-electron chi connectivity index (χ3n) is 4.37. The molecule has 1 N–H and O–H groups in total. The van der Waals surface area contributed by atoms with Crippen molar-refractivity contribution in [3.8, 4) is 5.75 Å². The van der Waals surface area contributed by atoms with Crippen molar-refractivity contribution in [2.45, 2.75) is 20.3 Å². The smallest absolute Gasteiger partial charge is 0.227 e. The third-order valence-corrected chi connectivity index (χ3v) is 4.37. The number of nitrogens with zero attached hydrogens (tertiary/aromatic N) is 2. The maximum absolute atomic E-state index is 12.5. The zero-order valence-corrected chi connectivity index (χ0v) is 15.8. The average molecular weight is 347 g/mol. The first kappa shape index (κ1) is 19.2. The summed E-state index contributed by atoms with van der Waals surface area (Å²) in [4.78, 5) is 28.6. The van der Waals surface area contributed by atoms with Crippen molar-refractivity contribution in [1.82, 2.24) is 10.2 Å². The summed E-state index contributed by atoms with van der Waals surface area (Å²) in [6.07, 6.45) is 0.256. The van der Waals surface area contributed by atoms with Gasteiger partial charge in [-0.25, -0.2) is 0 Å². The van der Waals surface area contributed by atoms with Crippen LogP contribution in [0, 0.1) is 11.3 Å². The van der Waals surface area contributed by atoms with Crippen LogP contribution in [0.25, 0.3) is 0 Å². The van der Waals surface area contributed by atoms with Gasteiger partial charge in [-0.05, 0) is 43.8 Å². The van der Waals surface area contributed by atoms with Gasteiger partial charge in [0, 0.05) is 31.7 Å². The predicted molar refractivity (Wildman–Crippen MR) is 98.8 cm³/mol. The standard InChI is InChI=1S/C19H29N3O3/c1-19(2,13-21(3)4)12-20-18(24)14-10-17(23)22(11-14)15-6-8-16(25-5)9-7-15/h6-9,14H,10-13H2,1-5H3,(H,20,24)/t14-/m1/s1. The van der Waals surface area contributed by atoms with Crippen molar-refractivity contribution >= 4 is 17.5 Å². The molecular formula is C19H29N3O3. The van der Waals surface area contributed by atoms with Crippen molar-refractivity contribution in [1.29, 1.82) is 0 Å². The summed E-state index contributed by atoms with van der Waals surface area (Å²) in [7, 11) is 5.64. The molecule has 25 heavy (non-hydrogen) atoms. The molecule has 1 aromatic rings. The molecule has 1 heterocycles. The molecule has 1 saturated heterocycles. The van der Waals surface area contributed by atoms with Gasteiger partial charge in [-0.15, -0.1) is 0 Å². The number of benzene rings is 1. The molecule has 0 saturated carbocycles. The number of amides is 2. The van der Waals surface area contributed by atoms with E-state index in [0.717, 1.165) is 18.0 Å². The Bertz CT molecular complexity index is 611. The summed E-state index contributed by atoms with van der Waals surface area (Å²) in [5.41, 5.74) is 0.784. The van der Waals surface area contributed by atoms with Crippen LogP contribution < -0.4 is 15.0 Å². The molecule has 0 bridgehead atoms. The lowest BCUT2D eigenvalue weighted by molar-refractivity contribution is -0.126. The molecule has 2 rings (SSSR count). The fraction of sp³-hybridized carbons (Fsp3) is 0.579. The summed E-state index contributed by atoms with van der Waals surface area (Å²) >= 11 is 0. The summed E-state index contributed by atoms with van der Waals surface area (Å²) < 4.78 is 5.14. The molecule has 6 heteroatoms. The van der Waals surface area contributed by atoms with Crippen LogP contribution in [0.15, 0.2) is 24.3 Å². The Morgan fingerprint density at radius 3 is 2.52 bits per heavy atom. The van der Waals surface area contributed by atoms with Crippen LogP contribution in [0.4, 0.5) is 5.69 Å². The van der Waals surface area contributed by atoms with Gasteiger partial charge in [0.1, 0.15) is 5.75 Å². The van der Waals surface area contributed by atoms with E-state index in [9.17, 15) is 9.59 Å². The highest BCUT2D eigenvalue weighted by Gasteiger charge is 2.35. The van der Waals surface area contributed by atoms with Crippen LogP contribution in [-0.2, 0) is 9.59 Å². The Kier molecular flexibility index (Phi) is 6.06. The van der Waals surface area contributed by atoms with E-state index in [4.69, 9.17) is 4.74 Å². The Morgan fingerprint density at radius 1 is 1.32 bits per heavy atom. The first-order valence-corrected chi connectivity index (χ1v) is 8.59. The minimum Gasteiger partial charge on any atom is -0.497 e. The Balaban J connectivity index is 1.93. The second kappa shape index (κ2) is 7.87. The lowest BCUT2D eigenvalue weighted by Crippen LogP contribution is -2.42. The van der Waals surface area contributed by atoms with E-state index in [1.165, 1.54) is 0 Å². The molecule has 138 valence electrons. The monoisotopic (exact) mass is 347 g/mol. The third kappa shape index (κ3) is 5.19. The van der Waals surface area contributed by atoms with E-state index < -0.39 is 0 Å². The van der Waals surface area contributed by atoms with Crippen LogP contribution >= 0.6 is 0 Å². The lowest BCUT2D eigenvalue weighted by atomic mass is 9.92. The number of nitrogens with one attached hydrogen (secondary N) is 1. The van der Waals surface area contributed by atoms with Crippen LogP contribution in [0.1, 0.15) is 20.3 Å². The number of hydrogen-bond donors (Lipinski definition) is 1. The van der Waals surface area contributed by atoms with Crippen molar-refractivity contribution in [3.05, 3.63) is 24.3 Å². The molecule has 1 aliphatic rings. The number of ether oxygens (including phenoxy) is 1. The van der Waals surface area contributed by atoms with E-state index in [1.54, 1.807) is 12.0 Å². The average Bonchev–Trinajstić information content (AvgIpc) is 2.93. The second-order valence-corrected chi connectivity index (χ2v) is 7.72. The first-order chi connectivity index (χ1) is 11.7. The maximum atomic E-state index is 12.5. The van der Waals surface area contributed by atoms with Gasteiger partial charge in [0.15, 0.2) is 0 Å². The van der Waals surface area contributed by atoms with Gasteiger partial charge in [-0.3, -0.25) is 9.59 Å². The molecule has 1 aliphatic heterocycles. The van der Waals surface area contributed by atoms with Gasteiger partial charge in [0.05, 0.1) is 13.0 Å². The molecule has 0 unspecified atom stereocenters. The van der Waals surface area contributed by atoms with Crippen molar-refractivity contribution in [2.75, 3.05) is 45.7 Å². The van der Waals surface area contributed by atoms with E-state index in [2.05, 4.69) is 24.1 Å². The number of carbonyl (C=O) groups excluding carboxylic acids is 2. The summed E-state index contributed by atoms with van der Waals surface area (Å²) in [5.74, 6) is 0.381. The molecule has 1 atom stereocenters. The highest BCUT2D eigenvalue weighted by Crippen LogP contribution is 2.27. The SMILES string of the molecule is COc1ccc(N2C[C@H](C(=O)NCC(C)(C)CN(C)C)CC2=O)cc1. The molecule has 0 radical (unpaired) electrons. The molecule has 1 aromatic carbocycles. The zero-order chi connectivity index (χ0) is 18.6. The molecule has 2 amide bonds. The largest absolute Gasteiger partial charge is 0.497 e. The zero-order valence-electron chi connectivity index (χ0n) is 15.8. The number of hydrogen-bond acceptors (Lipinski definition) is 4. The fourth-order valence-corrected chi connectivity index (χ4v) is 3.28. The van der Waals surface area contributed by atoms with Gasteiger partial charge >= 0.3 is 0 Å². The van der Waals surface area contributed by atoms with Gasteiger partial charge in [-0.2, -0.15) is 0 Å². The van der Waals surface area contributed by atoms with Gasteiger partial charge in [0.25, 0.3) is 0 Å². The number of carbonyl (C=O) groups is 2. The van der Waals surface area contributed by atoms with Crippen LogP contribution in [-0.4, -0.2) is 57.6 Å². The van der Waals surface area contributed by atoms with E-state index in [0.29, 0.717) is 13.1 Å². The highest BCUT2D eigenvalue weighted by molar-refractivity contribution is 6.00. The fourth-order valence-electron chi connectivity index (χ4n) is 3.28. The van der Waals surface area contributed by atoms with Gasteiger partial charge in [0.2, 0.25) is 11.8 Å². The number of anilines is 1. The first-order valence-electron chi connectivity index (χ1n) is 8.59. The summed E-state index contributed by atoms with van der Waals surface area (Å²) in [6, 6.07) is 7.33. The molecule has 6 nitrogen and oxygen atoms in total. The molecule has 0 aromatic heterocycles. The summed E-state index contributed by atoms with van der Waals surface area (Å²) in [6.45, 7) is 6.14. The van der Waals surface area contributed by atoms with Crippen LogP contribution in [0.2, 0.25) is 0 Å². The Hall–Kier alpha value is -2.08. The quantitative estimate of drug-likeness (QED) is 0.816. The van der Waals surface area contributed by atoms with Crippen molar-refractivity contribution < 1.29 is 14.3 Å². The maximum Gasteiger partial charge on any atom is 0.227 e. The number of methoxy groups -OCH3 is 1. The van der Waals surface area contributed by atoms with E-state index in [1.807, 2.05) is 38.4 Å². The van der Waals surface area contributed by atoms with Crippen LogP contribution in [0.3, 0.4) is 0 Å². The van der Waals surface area contributed by atoms with Gasteiger partial charge in [-0.1, -0.05) is 13.8 Å². The molecule has 0 spiro atoms. The molecule has 1 fully saturated rings. The van der Waals surface area contributed by atoms with Crippen molar-refractivity contribution in [3.63, 3.8) is 0 Å². The van der Waals surface area contributed by atoms with E-state index >= 15 is 0 Å². The predicted octanol–water partition coefficient (Wildman–Crippen LogP) is 1.75. The topological polar surface area (TPSA) is 61.9 Å². The molecular weight excluding hydrogens is 318 g/mol. The number of rotatable bonds is 7. The Labute approximate surface area is 150 Å². The normalized spacial score (nSPS) is 17.9. The Morgan fingerprint density at radius 2 is 1.96 bits per heavy atom. The van der Waals surface area contributed by atoms with E-state index in [-0.39, 0.29) is 29.6 Å². The second-order valence-electron chi connectivity index (χ2n) is 7.72. The highest BCUT2D eigenvalue weighted by atomic mass is 16.5. The summed E-state index contributed by atoms with van der Waals surface area (Å²) in [5, 5.41) is 3.02. The van der Waals surface area contributed by atoms with Crippen LogP contribution in [0.5, 0.6) is 5.75 Å². The minimum absolute atomic E-state index is 0.0159. The molecule has 0 aliphatic carbocycles. The minimum atomic E-state index is -0.301.